The van der Waals surface area contributed by atoms with E-state index >= 15 is 0 Å². The van der Waals surface area contributed by atoms with E-state index in [2.05, 4.69) is 0 Å². The van der Waals surface area contributed by atoms with Crippen LogP contribution in [0, 0.1) is 5.82 Å². The van der Waals surface area contributed by atoms with Gasteiger partial charge in [-0.05, 0) is 18.2 Å². The maximum Gasteiger partial charge on any atom is 0.125 e. The second-order valence-electron chi connectivity index (χ2n) is 3.36. The Morgan fingerprint density at radius 1 is 1.50 bits per heavy atom. The van der Waals surface area contributed by atoms with Gasteiger partial charge in [0.25, 0.3) is 0 Å². The van der Waals surface area contributed by atoms with Crippen molar-refractivity contribution in [2.75, 3.05) is 6.61 Å². The molecule has 3 nitrogen and oxygen atoms in total. The summed E-state index contributed by atoms with van der Waals surface area (Å²) in [6.07, 6.45) is -0.859. The summed E-state index contributed by atoms with van der Waals surface area (Å²) in [6, 6.07) is 3.99. The number of aliphatic hydroxyl groups excluding tert-OH is 2. The molecule has 0 amide bonds. The minimum atomic E-state index is -0.758. The molecular formula is C10H11FO3. The average molecular weight is 198 g/mol. The van der Waals surface area contributed by atoms with Crippen molar-refractivity contribution in [3.8, 4) is 5.75 Å². The van der Waals surface area contributed by atoms with Gasteiger partial charge in [0, 0.05) is 12.0 Å². The molecule has 1 heterocycles. The van der Waals surface area contributed by atoms with Crippen LogP contribution < -0.4 is 4.74 Å². The van der Waals surface area contributed by atoms with Crippen molar-refractivity contribution >= 4 is 0 Å². The molecule has 0 aliphatic carbocycles. The van der Waals surface area contributed by atoms with Crippen LogP contribution in [-0.4, -0.2) is 22.9 Å². The highest BCUT2D eigenvalue weighted by Crippen LogP contribution is 2.34. The van der Waals surface area contributed by atoms with Crippen molar-refractivity contribution in [1.82, 2.24) is 0 Å². The highest BCUT2D eigenvalue weighted by molar-refractivity contribution is 5.37. The SMILES string of the molecule is OCC1C[C@@H](O)c2cc(F)ccc2O1. The summed E-state index contributed by atoms with van der Waals surface area (Å²) >= 11 is 0. The summed E-state index contributed by atoms with van der Waals surface area (Å²) in [7, 11) is 0. The zero-order chi connectivity index (χ0) is 10.1. The van der Waals surface area contributed by atoms with Crippen LogP contribution in [-0.2, 0) is 0 Å². The fourth-order valence-corrected chi connectivity index (χ4v) is 1.60. The molecule has 0 bridgehead atoms. The molecule has 1 unspecified atom stereocenters. The largest absolute Gasteiger partial charge is 0.488 e. The van der Waals surface area contributed by atoms with Crippen molar-refractivity contribution in [2.24, 2.45) is 0 Å². The molecule has 0 fully saturated rings. The zero-order valence-corrected chi connectivity index (χ0v) is 7.48. The number of rotatable bonds is 1. The fourth-order valence-electron chi connectivity index (χ4n) is 1.60. The van der Waals surface area contributed by atoms with E-state index in [1.165, 1.54) is 18.2 Å². The minimum absolute atomic E-state index is 0.145. The number of ether oxygens (including phenoxy) is 1. The number of hydrogen-bond acceptors (Lipinski definition) is 3. The van der Waals surface area contributed by atoms with Gasteiger partial charge < -0.3 is 14.9 Å². The van der Waals surface area contributed by atoms with Gasteiger partial charge in [-0.25, -0.2) is 4.39 Å². The van der Waals surface area contributed by atoms with Gasteiger partial charge in [0.15, 0.2) is 0 Å². The average Bonchev–Trinajstić information content (AvgIpc) is 2.19. The minimum Gasteiger partial charge on any atom is -0.488 e. The monoisotopic (exact) mass is 198 g/mol. The van der Waals surface area contributed by atoms with Gasteiger partial charge in [-0.1, -0.05) is 0 Å². The number of benzene rings is 1. The Bertz CT molecular complexity index is 340. The van der Waals surface area contributed by atoms with Gasteiger partial charge in [0.2, 0.25) is 0 Å². The van der Waals surface area contributed by atoms with E-state index in [-0.39, 0.29) is 6.61 Å². The van der Waals surface area contributed by atoms with Gasteiger partial charge >= 0.3 is 0 Å². The summed E-state index contributed by atoms with van der Waals surface area (Å²) < 4.78 is 18.2. The van der Waals surface area contributed by atoms with Crippen LogP contribution in [0.1, 0.15) is 18.1 Å². The van der Waals surface area contributed by atoms with E-state index in [0.717, 1.165) is 0 Å². The fraction of sp³-hybridized carbons (Fsp3) is 0.400. The van der Waals surface area contributed by atoms with Crippen LogP contribution in [0.25, 0.3) is 0 Å². The molecule has 0 saturated heterocycles. The van der Waals surface area contributed by atoms with Crippen molar-refractivity contribution < 1.29 is 19.3 Å². The first-order valence-electron chi connectivity index (χ1n) is 4.45. The molecule has 0 radical (unpaired) electrons. The van der Waals surface area contributed by atoms with E-state index in [4.69, 9.17) is 9.84 Å². The second kappa shape index (κ2) is 3.55. The molecule has 76 valence electrons. The third kappa shape index (κ3) is 1.58. The van der Waals surface area contributed by atoms with Gasteiger partial charge in [0.1, 0.15) is 17.7 Å². The first-order chi connectivity index (χ1) is 6.70. The molecule has 14 heavy (non-hydrogen) atoms. The lowest BCUT2D eigenvalue weighted by Gasteiger charge is -2.28. The van der Waals surface area contributed by atoms with Crippen LogP contribution in [0.15, 0.2) is 18.2 Å². The van der Waals surface area contributed by atoms with Crippen molar-refractivity contribution in [2.45, 2.75) is 18.6 Å². The van der Waals surface area contributed by atoms with E-state index in [1.807, 2.05) is 0 Å². The standard InChI is InChI=1S/C10H11FO3/c11-6-1-2-10-8(3-6)9(13)4-7(5-12)14-10/h1-3,7,9,12-13H,4-5H2/t7?,9-/m1/s1. The van der Waals surface area contributed by atoms with E-state index < -0.39 is 18.0 Å². The summed E-state index contributed by atoms with van der Waals surface area (Å²) in [5.74, 6) is 0.0537. The van der Waals surface area contributed by atoms with Gasteiger partial charge in [-0.15, -0.1) is 0 Å². The predicted octanol–water partition coefficient (Wildman–Crippen LogP) is 1.00. The highest BCUT2D eigenvalue weighted by Gasteiger charge is 2.26. The van der Waals surface area contributed by atoms with E-state index in [9.17, 15) is 9.50 Å². The number of halogens is 1. The van der Waals surface area contributed by atoms with Crippen LogP contribution >= 0.6 is 0 Å². The molecule has 1 aliphatic heterocycles. The van der Waals surface area contributed by atoms with Crippen molar-refractivity contribution in [1.29, 1.82) is 0 Å². The third-order valence-corrected chi connectivity index (χ3v) is 2.31. The Morgan fingerprint density at radius 3 is 3.00 bits per heavy atom. The summed E-state index contributed by atoms with van der Waals surface area (Å²) in [4.78, 5) is 0. The molecule has 4 heteroatoms. The van der Waals surface area contributed by atoms with E-state index in [1.54, 1.807) is 0 Å². The quantitative estimate of drug-likeness (QED) is 0.707. The smallest absolute Gasteiger partial charge is 0.125 e. The van der Waals surface area contributed by atoms with Crippen LogP contribution in [0.4, 0.5) is 4.39 Å². The van der Waals surface area contributed by atoms with Gasteiger partial charge in [-0.2, -0.15) is 0 Å². The molecule has 1 aromatic rings. The molecule has 1 aromatic carbocycles. The maximum absolute atomic E-state index is 12.8. The van der Waals surface area contributed by atoms with Crippen LogP contribution in [0.5, 0.6) is 5.75 Å². The van der Waals surface area contributed by atoms with Gasteiger partial charge in [-0.3, -0.25) is 0 Å². The summed E-state index contributed by atoms with van der Waals surface area (Å²) in [5, 5.41) is 18.5. The van der Waals surface area contributed by atoms with Crippen molar-refractivity contribution in [3.05, 3.63) is 29.6 Å². The topological polar surface area (TPSA) is 49.7 Å². The third-order valence-electron chi connectivity index (χ3n) is 2.31. The Morgan fingerprint density at radius 2 is 2.29 bits per heavy atom. The maximum atomic E-state index is 12.8. The molecule has 2 rings (SSSR count). The lowest BCUT2D eigenvalue weighted by molar-refractivity contribution is 0.0330. The number of aliphatic hydroxyl groups is 2. The van der Waals surface area contributed by atoms with Gasteiger partial charge in [0.05, 0.1) is 12.7 Å². The highest BCUT2D eigenvalue weighted by atomic mass is 19.1. The van der Waals surface area contributed by atoms with Crippen LogP contribution in [0.2, 0.25) is 0 Å². The number of hydrogen-bond donors (Lipinski definition) is 2. The van der Waals surface area contributed by atoms with E-state index in [0.29, 0.717) is 17.7 Å². The lowest BCUT2D eigenvalue weighted by atomic mass is 9.99. The molecule has 0 aromatic heterocycles. The van der Waals surface area contributed by atoms with Crippen LogP contribution in [0.3, 0.4) is 0 Å². The molecule has 0 saturated carbocycles. The molecule has 0 spiro atoms. The predicted molar refractivity (Wildman–Crippen MR) is 47.5 cm³/mol. The Kier molecular flexibility index (Phi) is 2.39. The molecular weight excluding hydrogens is 187 g/mol. The Labute approximate surface area is 80.8 Å². The Balaban J connectivity index is 2.35. The Hall–Kier alpha value is -1.13. The molecule has 2 atom stereocenters. The first-order valence-corrected chi connectivity index (χ1v) is 4.45. The lowest BCUT2D eigenvalue weighted by Crippen LogP contribution is -2.28. The zero-order valence-electron chi connectivity index (χ0n) is 7.48. The summed E-state index contributed by atoms with van der Waals surface area (Å²) in [6.45, 7) is -0.145. The second-order valence-corrected chi connectivity index (χ2v) is 3.36. The number of fused-ring (bicyclic) bond motifs is 1. The summed E-state index contributed by atoms with van der Waals surface area (Å²) in [5.41, 5.74) is 0.453. The molecule has 1 aliphatic rings. The first kappa shape index (κ1) is 9.43. The molecule has 2 N–H and O–H groups in total. The van der Waals surface area contributed by atoms with Crippen molar-refractivity contribution in [3.63, 3.8) is 0 Å². The normalized spacial score (nSPS) is 25.4.